The first-order valence-electron chi connectivity index (χ1n) is 12.3. The lowest BCUT2D eigenvalue weighted by atomic mass is 10.1. The van der Waals surface area contributed by atoms with E-state index in [0.29, 0.717) is 24.3 Å². The fraction of sp³-hybridized carbons (Fsp3) is 0.179. The number of hydrogen-bond donors (Lipinski definition) is 2. The minimum atomic E-state index is -2.62. The molecule has 0 spiro atoms. The largest absolute Gasteiger partial charge is 0.352 e. The molecule has 6 aromatic rings. The molecule has 1 aliphatic rings. The summed E-state index contributed by atoms with van der Waals surface area (Å²) in [5.41, 5.74) is 8.08. The number of aromatic amines is 2. The molecule has 2 N–H and O–H groups in total. The van der Waals surface area contributed by atoms with Crippen LogP contribution >= 0.6 is 0 Å². The SMILES string of the molecule is FC1(F)CCN(Cc2cncc(-c3ccc4[nH]nc(-c5cc6c(-c7ccccn7)cncc6[nH]5)c4n3)c2)C1. The van der Waals surface area contributed by atoms with E-state index in [1.807, 2.05) is 48.7 Å². The standard InChI is InChI=1S/C28H22F2N8/c29-28(30)6-8-38(16-28)15-17-9-18(12-31-11-17)21-4-5-23-26(35-21)27(37-36-23)24-10-19-20(13-32-14-25(19)34-24)22-3-1-2-7-33-22/h1-5,7,9-14,34H,6,8,15-16H2,(H,36,37). The Morgan fingerprint density at radius 2 is 1.87 bits per heavy atom. The zero-order chi connectivity index (χ0) is 25.7. The van der Waals surface area contributed by atoms with Crippen molar-refractivity contribution in [2.75, 3.05) is 13.1 Å². The molecule has 6 aromatic heterocycles. The van der Waals surface area contributed by atoms with Gasteiger partial charge in [-0.05, 0) is 42.0 Å². The fourth-order valence-corrected chi connectivity index (χ4v) is 5.07. The minimum Gasteiger partial charge on any atom is -0.352 e. The van der Waals surface area contributed by atoms with Crippen LogP contribution in [0.1, 0.15) is 12.0 Å². The number of alkyl halides is 2. The Hall–Kier alpha value is -4.57. The number of H-pyrrole nitrogens is 2. The molecule has 1 fully saturated rings. The molecular weight excluding hydrogens is 486 g/mol. The van der Waals surface area contributed by atoms with Gasteiger partial charge in [0, 0.05) is 60.8 Å². The summed E-state index contributed by atoms with van der Waals surface area (Å²) in [6, 6.07) is 13.6. The van der Waals surface area contributed by atoms with Gasteiger partial charge in [-0.15, -0.1) is 0 Å². The lowest BCUT2D eigenvalue weighted by Gasteiger charge is -2.15. The fourth-order valence-electron chi connectivity index (χ4n) is 5.07. The molecule has 188 valence electrons. The van der Waals surface area contributed by atoms with Crippen molar-refractivity contribution in [3.05, 3.63) is 79.0 Å². The van der Waals surface area contributed by atoms with E-state index in [4.69, 9.17) is 4.98 Å². The van der Waals surface area contributed by atoms with Crippen LogP contribution in [0.3, 0.4) is 0 Å². The Bertz CT molecular complexity index is 1780. The number of hydrogen-bond acceptors (Lipinski definition) is 6. The highest BCUT2D eigenvalue weighted by Crippen LogP contribution is 2.33. The zero-order valence-electron chi connectivity index (χ0n) is 20.2. The van der Waals surface area contributed by atoms with E-state index in [1.54, 1.807) is 29.7 Å². The van der Waals surface area contributed by atoms with E-state index in [1.165, 1.54) is 0 Å². The Morgan fingerprint density at radius 1 is 0.947 bits per heavy atom. The van der Waals surface area contributed by atoms with Gasteiger partial charge in [0.25, 0.3) is 5.92 Å². The van der Waals surface area contributed by atoms with E-state index in [9.17, 15) is 8.78 Å². The van der Waals surface area contributed by atoms with Crippen molar-refractivity contribution in [1.82, 2.24) is 40.0 Å². The molecule has 7 heterocycles. The number of fused-ring (bicyclic) bond motifs is 2. The van der Waals surface area contributed by atoms with Crippen molar-refractivity contribution in [3.63, 3.8) is 0 Å². The normalized spacial score (nSPS) is 15.5. The number of halogens is 2. The molecule has 1 aliphatic heterocycles. The van der Waals surface area contributed by atoms with Crippen LogP contribution in [0.4, 0.5) is 8.78 Å². The molecule has 0 amide bonds. The summed E-state index contributed by atoms with van der Waals surface area (Å²) in [5.74, 6) is -2.62. The number of aromatic nitrogens is 7. The number of likely N-dealkylation sites (tertiary alicyclic amines) is 1. The molecule has 0 radical (unpaired) electrons. The maximum absolute atomic E-state index is 13.6. The number of rotatable bonds is 5. The maximum atomic E-state index is 13.6. The number of nitrogens with zero attached hydrogens (tertiary/aromatic N) is 6. The highest BCUT2D eigenvalue weighted by atomic mass is 19.3. The van der Waals surface area contributed by atoms with Gasteiger partial charge in [0.05, 0.1) is 40.9 Å². The Morgan fingerprint density at radius 3 is 2.71 bits per heavy atom. The molecule has 0 saturated carbocycles. The van der Waals surface area contributed by atoms with Crippen LogP contribution < -0.4 is 0 Å². The van der Waals surface area contributed by atoms with Gasteiger partial charge in [-0.3, -0.25) is 25.0 Å². The second-order valence-electron chi connectivity index (χ2n) is 9.61. The molecule has 7 rings (SSSR count). The van der Waals surface area contributed by atoms with Gasteiger partial charge < -0.3 is 4.98 Å². The molecule has 38 heavy (non-hydrogen) atoms. The molecule has 0 aliphatic carbocycles. The lowest BCUT2D eigenvalue weighted by molar-refractivity contribution is 0.0115. The molecule has 8 nitrogen and oxygen atoms in total. The highest BCUT2D eigenvalue weighted by molar-refractivity contribution is 5.99. The smallest absolute Gasteiger partial charge is 0.261 e. The summed E-state index contributed by atoms with van der Waals surface area (Å²) in [4.78, 5) is 23.3. The molecule has 0 atom stereocenters. The van der Waals surface area contributed by atoms with E-state index in [0.717, 1.165) is 50.2 Å². The van der Waals surface area contributed by atoms with E-state index >= 15 is 0 Å². The lowest BCUT2D eigenvalue weighted by Crippen LogP contribution is -2.24. The monoisotopic (exact) mass is 508 g/mol. The third-order valence-electron chi connectivity index (χ3n) is 6.89. The summed E-state index contributed by atoms with van der Waals surface area (Å²) in [6.45, 7) is 0.584. The average molecular weight is 509 g/mol. The van der Waals surface area contributed by atoms with E-state index in [2.05, 4.69) is 30.1 Å². The Kier molecular flexibility index (Phi) is 5.22. The van der Waals surface area contributed by atoms with Crippen molar-refractivity contribution in [3.8, 4) is 33.9 Å². The van der Waals surface area contributed by atoms with Crippen LogP contribution in [0.25, 0.3) is 55.8 Å². The number of nitrogens with one attached hydrogen (secondary N) is 2. The summed E-state index contributed by atoms with van der Waals surface area (Å²) in [6.07, 6.45) is 8.72. The van der Waals surface area contributed by atoms with Crippen LogP contribution in [-0.4, -0.2) is 59.0 Å². The van der Waals surface area contributed by atoms with Gasteiger partial charge >= 0.3 is 0 Å². The highest BCUT2D eigenvalue weighted by Gasteiger charge is 2.37. The van der Waals surface area contributed by atoms with Crippen molar-refractivity contribution >= 4 is 21.9 Å². The minimum absolute atomic E-state index is 0.102. The van der Waals surface area contributed by atoms with Gasteiger partial charge in [-0.2, -0.15) is 5.10 Å². The maximum Gasteiger partial charge on any atom is 0.261 e. The van der Waals surface area contributed by atoms with Crippen LogP contribution in [0, 0.1) is 0 Å². The van der Waals surface area contributed by atoms with Crippen LogP contribution in [0.2, 0.25) is 0 Å². The van der Waals surface area contributed by atoms with Crippen LogP contribution in [0.5, 0.6) is 0 Å². The van der Waals surface area contributed by atoms with Crippen molar-refractivity contribution in [2.24, 2.45) is 0 Å². The Labute approximate surface area is 215 Å². The molecule has 0 bridgehead atoms. The third kappa shape index (κ3) is 4.08. The summed E-state index contributed by atoms with van der Waals surface area (Å²) in [5, 5.41) is 8.61. The molecular formula is C28H22F2N8. The van der Waals surface area contributed by atoms with Crippen LogP contribution in [0.15, 0.2) is 73.4 Å². The predicted molar refractivity (Wildman–Crippen MR) is 140 cm³/mol. The van der Waals surface area contributed by atoms with Gasteiger partial charge in [0.2, 0.25) is 0 Å². The van der Waals surface area contributed by atoms with Gasteiger partial charge in [0.1, 0.15) is 11.2 Å². The Balaban J connectivity index is 1.24. The topological polar surface area (TPSA) is 99.3 Å². The summed E-state index contributed by atoms with van der Waals surface area (Å²) in [7, 11) is 0. The zero-order valence-corrected chi connectivity index (χ0v) is 20.2. The van der Waals surface area contributed by atoms with Crippen molar-refractivity contribution in [1.29, 1.82) is 0 Å². The first kappa shape index (κ1) is 22.6. The molecule has 0 unspecified atom stereocenters. The molecule has 1 saturated heterocycles. The van der Waals surface area contributed by atoms with Gasteiger partial charge in [-0.25, -0.2) is 13.8 Å². The average Bonchev–Trinajstić information content (AvgIpc) is 3.64. The first-order valence-corrected chi connectivity index (χ1v) is 12.3. The molecule has 10 heteroatoms. The first-order chi connectivity index (χ1) is 18.5. The van der Waals surface area contributed by atoms with Crippen molar-refractivity contribution < 1.29 is 8.78 Å². The van der Waals surface area contributed by atoms with Gasteiger partial charge in [-0.1, -0.05) is 6.07 Å². The third-order valence-corrected chi connectivity index (χ3v) is 6.89. The van der Waals surface area contributed by atoms with E-state index < -0.39 is 5.92 Å². The second-order valence-corrected chi connectivity index (χ2v) is 9.61. The second kappa shape index (κ2) is 8.77. The quantitative estimate of drug-likeness (QED) is 0.321. The van der Waals surface area contributed by atoms with Crippen molar-refractivity contribution in [2.45, 2.75) is 18.9 Å². The number of pyridine rings is 4. The van der Waals surface area contributed by atoms with Crippen LogP contribution in [-0.2, 0) is 6.54 Å². The predicted octanol–water partition coefficient (Wildman–Crippen LogP) is 5.47. The van der Waals surface area contributed by atoms with E-state index in [-0.39, 0.29) is 13.0 Å². The summed E-state index contributed by atoms with van der Waals surface area (Å²) < 4.78 is 27.3. The summed E-state index contributed by atoms with van der Waals surface area (Å²) >= 11 is 0. The molecule has 0 aromatic carbocycles. The van der Waals surface area contributed by atoms with Gasteiger partial charge in [0.15, 0.2) is 0 Å².